The molecule has 3 aromatic rings. The molecule has 1 fully saturated rings. The number of amides is 1. The summed E-state index contributed by atoms with van der Waals surface area (Å²) in [6.07, 6.45) is 3.55. The highest BCUT2D eigenvalue weighted by atomic mass is 32.1. The Morgan fingerprint density at radius 1 is 1.25 bits per heavy atom. The number of aromatic nitrogens is 3. The van der Waals surface area contributed by atoms with E-state index >= 15 is 0 Å². The summed E-state index contributed by atoms with van der Waals surface area (Å²) in [6, 6.07) is 5.81. The minimum absolute atomic E-state index is 0.0445. The SMILES string of the molecule is Cn1cc2ccc(C(=O)NC3CCC(CCN4CCc5sc(OCC(F)(F)F)nc5C4)CC3)cc2n1. The monoisotopic (exact) mass is 521 g/mol. The van der Waals surface area contributed by atoms with Gasteiger partial charge >= 0.3 is 6.18 Å². The molecule has 194 valence electrons. The van der Waals surface area contributed by atoms with Gasteiger partial charge < -0.3 is 10.1 Å². The number of ether oxygens (including phenoxy) is 1. The van der Waals surface area contributed by atoms with Crippen molar-refractivity contribution in [2.45, 2.75) is 57.3 Å². The summed E-state index contributed by atoms with van der Waals surface area (Å²) in [5.41, 5.74) is 2.31. The van der Waals surface area contributed by atoms with Gasteiger partial charge in [0.2, 0.25) is 0 Å². The van der Waals surface area contributed by atoms with E-state index in [0.717, 1.165) is 73.1 Å². The van der Waals surface area contributed by atoms with Crippen molar-refractivity contribution in [3.8, 4) is 5.19 Å². The Morgan fingerprint density at radius 3 is 2.83 bits per heavy atom. The molecule has 1 saturated carbocycles. The van der Waals surface area contributed by atoms with Crippen LogP contribution in [0.15, 0.2) is 24.4 Å². The zero-order valence-electron chi connectivity index (χ0n) is 20.2. The molecule has 0 radical (unpaired) electrons. The molecule has 1 aromatic carbocycles. The van der Waals surface area contributed by atoms with Gasteiger partial charge in [0.25, 0.3) is 11.1 Å². The van der Waals surface area contributed by atoms with Crippen LogP contribution in [0.4, 0.5) is 13.2 Å². The Morgan fingerprint density at radius 2 is 2.06 bits per heavy atom. The molecule has 0 atom stereocenters. The smallest absolute Gasteiger partial charge is 0.422 e. The van der Waals surface area contributed by atoms with Crippen LogP contribution in [0.1, 0.15) is 53.0 Å². The number of alkyl halides is 3. The van der Waals surface area contributed by atoms with Gasteiger partial charge in [-0.15, -0.1) is 0 Å². The molecule has 2 aromatic heterocycles. The second-order valence-corrected chi connectivity index (χ2v) is 10.9. The minimum Gasteiger partial charge on any atom is -0.460 e. The molecule has 1 aliphatic carbocycles. The molecule has 0 saturated heterocycles. The van der Waals surface area contributed by atoms with Gasteiger partial charge in [-0.25, -0.2) is 4.98 Å². The van der Waals surface area contributed by atoms with E-state index in [4.69, 9.17) is 4.74 Å². The summed E-state index contributed by atoms with van der Waals surface area (Å²) in [4.78, 5) is 20.4. The quantitative estimate of drug-likeness (QED) is 0.488. The molecular weight excluding hydrogens is 491 g/mol. The molecular formula is C25H30F3N5O2S. The molecule has 0 bridgehead atoms. The predicted molar refractivity (Wildman–Crippen MR) is 131 cm³/mol. The van der Waals surface area contributed by atoms with Gasteiger partial charge in [0.15, 0.2) is 6.61 Å². The molecule has 1 N–H and O–H groups in total. The first-order valence-corrected chi connectivity index (χ1v) is 13.2. The van der Waals surface area contributed by atoms with Gasteiger partial charge in [0.1, 0.15) is 0 Å². The molecule has 1 aliphatic heterocycles. The number of hydrogen-bond donors (Lipinski definition) is 1. The van der Waals surface area contributed by atoms with Crippen LogP contribution in [0.25, 0.3) is 10.9 Å². The van der Waals surface area contributed by atoms with Gasteiger partial charge in [0, 0.05) is 48.2 Å². The Hall–Kier alpha value is -2.66. The topological polar surface area (TPSA) is 72.3 Å². The average molecular weight is 522 g/mol. The third kappa shape index (κ3) is 6.18. The Bertz CT molecular complexity index is 1220. The number of nitrogens with one attached hydrogen (secondary N) is 1. The molecule has 5 rings (SSSR count). The fourth-order valence-electron chi connectivity index (χ4n) is 5.14. The van der Waals surface area contributed by atoms with E-state index < -0.39 is 12.8 Å². The summed E-state index contributed by atoms with van der Waals surface area (Å²) in [5.74, 6) is 0.572. The Kier molecular flexibility index (Phi) is 7.21. The summed E-state index contributed by atoms with van der Waals surface area (Å²) in [5, 5.41) is 8.71. The van der Waals surface area contributed by atoms with Crippen LogP contribution in [0, 0.1) is 5.92 Å². The molecule has 7 nitrogen and oxygen atoms in total. The van der Waals surface area contributed by atoms with Gasteiger partial charge in [-0.1, -0.05) is 17.4 Å². The number of thiazole rings is 1. The number of carbonyl (C=O) groups excluding carboxylic acids is 1. The number of aryl methyl sites for hydroxylation is 1. The standard InChI is InChI=1S/C25H30F3N5O2S/c1-32-13-18-5-4-17(12-20(18)31-32)23(34)29-19-6-2-16(3-7-19)8-10-33-11-9-22-21(14-33)30-24(36-22)35-15-25(26,27)28/h4-5,12-13,16,19H,2-3,6-11,14-15H2,1H3,(H,29,34). The number of fused-ring (bicyclic) bond motifs is 2. The van der Waals surface area contributed by atoms with Crippen LogP contribution < -0.4 is 10.1 Å². The van der Waals surface area contributed by atoms with Crippen molar-refractivity contribution >= 4 is 28.1 Å². The fourth-order valence-corrected chi connectivity index (χ4v) is 6.04. The van der Waals surface area contributed by atoms with Crippen molar-refractivity contribution in [1.29, 1.82) is 0 Å². The third-order valence-electron chi connectivity index (χ3n) is 7.07. The second-order valence-electron chi connectivity index (χ2n) is 9.84. The maximum absolute atomic E-state index is 12.7. The number of nitrogens with zero attached hydrogens (tertiary/aromatic N) is 4. The lowest BCUT2D eigenvalue weighted by molar-refractivity contribution is -0.153. The molecule has 1 amide bonds. The van der Waals surface area contributed by atoms with Crippen LogP contribution >= 0.6 is 11.3 Å². The van der Waals surface area contributed by atoms with Gasteiger partial charge in [-0.3, -0.25) is 14.4 Å². The van der Waals surface area contributed by atoms with Crippen LogP contribution in [-0.4, -0.2) is 57.5 Å². The Balaban J connectivity index is 1.04. The molecule has 0 unspecified atom stereocenters. The molecule has 3 heterocycles. The van der Waals surface area contributed by atoms with Crippen LogP contribution in [0.5, 0.6) is 5.19 Å². The first kappa shape index (κ1) is 25.0. The number of carbonyl (C=O) groups is 1. The number of rotatable bonds is 7. The fraction of sp³-hybridized carbons (Fsp3) is 0.560. The van der Waals surface area contributed by atoms with E-state index in [2.05, 4.69) is 20.3 Å². The van der Waals surface area contributed by atoms with Crippen LogP contribution in [0.2, 0.25) is 0 Å². The van der Waals surface area contributed by atoms with E-state index in [1.807, 2.05) is 31.4 Å². The van der Waals surface area contributed by atoms with Crippen molar-refractivity contribution in [1.82, 2.24) is 25.0 Å². The van der Waals surface area contributed by atoms with Crippen LogP contribution in [-0.2, 0) is 20.0 Å². The molecule has 0 spiro atoms. The van der Waals surface area contributed by atoms with Crippen molar-refractivity contribution in [2.24, 2.45) is 13.0 Å². The van der Waals surface area contributed by atoms with Gasteiger partial charge in [-0.2, -0.15) is 18.3 Å². The number of benzene rings is 1. The van der Waals surface area contributed by atoms with Crippen molar-refractivity contribution < 1.29 is 22.7 Å². The molecule has 36 heavy (non-hydrogen) atoms. The predicted octanol–water partition coefficient (Wildman–Crippen LogP) is 4.71. The summed E-state index contributed by atoms with van der Waals surface area (Å²) < 4.78 is 43.8. The number of halogens is 3. The average Bonchev–Trinajstić information content (AvgIpc) is 3.42. The van der Waals surface area contributed by atoms with E-state index in [1.54, 1.807) is 4.68 Å². The Labute approximate surface area is 211 Å². The maximum atomic E-state index is 12.7. The van der Waals surface area contributed by atoms with Crippen molar-refractivity contribution in [3.63, 3.8) is 0 Å². The van der Waals surface area contributed by atoms with E-state index in [1.165, 1.54) is 11.3 Å². The van der Waals surface area contributed by atoms with Crippen molar-refractivity contribution in [2.75, 3.05) is 19.7 Å². The largest absolute Gasteiger partial charge is 0.460 e. The van der Waals surface area contributed by atoms with Crippen LogP contribution in [0.3, 0.4) is 0 Å². The highest BCUT2D eigenvalue weighted by molar-refractivity contribution is 7.13. The molecule has 2 aliphatic rings. The first-order chi connectivity index (χ1) is 17.2. The second kappa shape index (κ2) is 10.4. The van der Waals surface area contributed by atoms with Gasteiger partial charge in [0.05, 0.1) is 11.2 Å². The summed E-state index contributed by atoms with van der Waals surface area (Å²) >= 11 is 1.23. The van der Waals surface area contributed by atoms with E-state index in [9.17, 15) is 18.0 Å². The zero-order valence-corrected chi connectivity index (χ0v) is 21.0. The minimum atomic E-state index is -4.35. The normalized spacial score (nSPS) is 20.9. The summed E-state index contributed by atoms with van der Waals surface area (Å²) in [6.45, 7) is 1.19. The summed E-state index contributed by atoms with van der Waals surface area (Å²) in [7, 11) is 1.87. The maximum Gasteiger partial charge on any atom is 0.422 e. The number of hydrogen-bond acceptors (Lipinski definition) is 6. The van der Waals surface area contributed by atoms with Crippen molar-refractivity contribution in [3.05, 3.63) is 40.5 Å². The first-order valence-electron chi connectivity index (χ1n) is 12.4. The molecule has 11 heteroatoms. The highest BCUT2D eigenvalue weighted by Crippen LogP contribution is 2.32. The lowest BCUT2D eigenvalue weighted by Crippen LogP contribution is -2.38. The van der Waals surface area contributed by atoms with Gasteiger partial charge in [-0.05, 0) is 63.1 Å². The third-order valence-corrected chi connectivity index (χ3v) is 8.14. The lowest BCUT2D eigenvalue weighted by Gasteiger charge is -2.32. The lowest BCUT2D eigenvalue weighted by atomic mass is 9.84. The zero-order chi connectivity index (χ0) is 25.3. The van der Waals surface area contributed by atoms with E-state index in [-0.39, 0.29) is 17.1 Å². The van der Waals surface area contributed by atoms with E-state index in [0.29, 0.717) is 18.0 Å². The highest BCUT2D eigenvalue weighted by Gasteiger charge is 2.30.